The van der Waals surface area contributed by atoms with Crippen LogP contribution in [0.2, 0.25) is 0 Å². The van der Waals surface area contributed by atoms with Gasteiger partial charge in [0.05, 0.1) is 6.04 Å². The van der Waals surface area contributed by atoms with Crippen LogP contribution in [0.5, 0.6) is 0 Å². The predicted molar refractivity (Wildman–Crippen MR) is 126 cm³/mol. The minimum Gasteiger partial charge on any atom is -0.465 e. The fourth-order valence-electron chi connectivity index (χ4n) is 5.63. The number of aromatic nitrogens is 1. The van der Waals surface area contributed by atoms with Crippen LogP contribution in [0.25, 0.3) is 0 Å². The van der Waals surface area contributed by atoms with Crippen molar-refractivity contribution >= 4 is 12.1 Å². The fourth-order valence-corrected chi connectivity index (χ4v) is 5.63. The van der Waals surface area contributed by atoms with Crippen LogP contribution >= 0.6 is 0 Å². The van der Waals surface area contributed by atoms with Crippen molar-refractivity contribution in [3.8, 4) is 0 Å². The number of aryl methyl sites for hydroxylation is 1. The molecular weight excluding hydrogens is 420 g/mol. The van der Waals surface area contributed by atoms with E-state index in [1.165, 1.54) is 16.0 Å². The van der Waals surface area contributed by atoms with Gasteiger partial charge in [-0.2, -0.15) is 0 Å². The molecule has 1 aliphatic carbocycles. The highest BCUT2D eigenvalue weighted by molar-refractivity contribution is 5.84. The maximum Gasteiger partial charge on any atom is 0.408 e. The topological polar surface area (TPSA) is 89.0 Å². The molecule has 0 bridgehead atoms. The molecule has 184 valence electrons. The summed E-state index contributed by atoms with van der Waals surface area (Å²) in [6.07, 6.45) is 4.41. The van der Waals surface area contributed by atoms with E-state index in [-0.39, 0.29) is 12.3 Å². The van der Waals surface area contributed by atoms with Gasteiger partial charge in [-0.05, 0) is 75.5 Å². The molecule has 0 spiro atoms. The van der Waals surface area contributed by atoms with E-state index in [4.69, 9.17) is 14.5 Å². The van der Waals surface area contributed by atoms with Crippen LogP contribution in [0.15, 0.2) is 12.3 Å². The van der Waals surface area contributed by atoms with Crippen LogP contribution in [0.4, 0.5) is 4.79 Å². The monoisotopic (exact) mass is 460 g/mol. The third kappa shape index (κ3) is 4.88. The number of hydrogen-bond acceptors (Lipinski definition) is 5. The zero-order valence-electron chi connectivity index (χ0n) is 21.4. The van der Waals surface area contributed by atoms with Gasteiger partial charge in [0.15, 0.2) is 5.60 Å². The smallest absolute Gasteiger partial charge is 0.408 e. The Balaban J connectivity index is 2.20. The SMILES string of the molecule is CCC1CCc2ccnc(C[C@]3(C(CC(C)C)N(C(=O)O)C(C)(C)C)OC(C)(C)OC3=O)c21. The Morgan fingerprint density at radius 3 is 2.48 bits per heavy atom. The number of hydrogen-bond donors (Lipinski definition) is 1. The summed E-state index contributed by atoms with van der Waals surface area (Å²) in [6, 6.07) is 1.33. The highest BCUT2D eigenvalue weighted by Gasteiger charge is 2.62. The molecule has 1 fully saturated rings. The highest BCUT2D eigenvalue weighted by Crippen LogP contribution is 2.45. The molecule has 2 aliphatic rings. The summed E-state index contributed by atoms with van der Waals surface area (Å²) in [5.41, 5.74) is 1.05. The Bertz CT molecular complexity index is 904. The Hall–Kier alpha value is -2.15. The van der Waals surface area contributed by atoms with Gasteiger partial charge in [-0.15, -0.1) is 0 Å². The first-order valence-electron chi connectivity index (χ1n) is 12.1. The van der Waals surface area contributed by atoms with Crippen molar-refractivity contribution in [3.05, 3.63) is 29.1 Å². The van der Waals surface area contributed by atoms with E-state index in [0.717, 1.165) is 25.0 Å². The molecule has 1 aromatic heterocycles. The average molecular weight is 461 g/mol. The number of cyclic esters (lactones) is 1. The second-order valence-electron chi connectivity index (χ2n) is 11.4. The third-order valence-corrected chi connectivity index (χ3v) is 6.84. The van der Waals surface area contributed by atoms with E-state index in [9.17, 15) is 14.7 Å². The van der Waals surface area contributed by atoms with Crippen molar-refractivity contribution in [1.29, 1.82) is 0 Å². The summed E-state index contributed by atoms with van der Waals surface area (Å²) < 4.78 is 12.2. The summed E-state index contributed by atoms with van der Waals surface area (Å²) in [4.78, 5) is 32.3. The number of pyridine rings is 1. The van der Waals surface area contributed by atoms with Gasteiger partial charge in [0, 0.05) is 37.7 Å². The highest BCUT2D eigenvalue weighted by atomic mass is 16.8. The Kier molecular flexibility index (Phi) is 6.87. The van der Waals surface area contributed by atoms with Crippen molar-refractivity contribution in [2.45, 2.75) is 116 Å². The molecule has 3 rings (SSSR count). The molecule has 1 aromatic rings. The lowest BCUT2D eigenvalue weighted by Crippen LogP contribution is -2.64. The number of carbonyl (C=O) groups is 2. The lowest BCUT2D eigenvalue weighted by atomic mass is 9.79. The Morgan fingerprint density at radius 2 is 2.00 bits per heavy atom. The van der Waals surface area contributed by atoms with Crippen molar-refractivity contribution in [2.24, 2.45) is 5.92 Å². The summed E-state index contributed by atoms with van der Waals surface area (Å²) in [6.45, 7) is 15.2. The predicted octanol–water partition coefficient (Wildman–Crippen LogP) is 5.31. The van der Waals surface area contributed by atoms with Crippen LogP contribution < -0.4 is 0 Å². The maximum atomic E-state index is 13.6. The van der Waals surface area contributed by atoms with Gasteiger partial charge in [0.1, 0.15) is 0 Å². The van der Waals surface area contributed by atoms with Crippen LogP contribution in [0.3, 0.4) is 0 Å². The molecule has 2 heterocycles. The number of ether oxygens (including phenoxy) is 2. The van der Waals surface area contributed by atoms with Crippen molar-refractivity contribution in [2.75, 3.05) is 0 Å². The van der Waals surface area contributed by atoms with E-state index in [1.54, 1.807) is 20.0 Å². The van der Waals surface area contributed by atoms with Gasteiger partial charge in [-0.3, -0.25) is 9.88 Å². The van der Waals surface area contributed by atoms with Crippen molar-refractivity contribution in [3.63, 3.8) is 0 Å². The lowest BCUT2D eigenvalue weighted by Gasteiger charge is -2.46. The maximum absolute atomic E-state index is 13.6. The zero-order chi connectivity index (χ0) is 24.8. The summed E-state index contributed by atoms with van der Waals surface area (Å²) in [5, 5.41) is 10.3. The molecule has 0 aromatic carbocycles. The third-order valence-electron chi connectivity index (χ3n) is 6.84. The second kappa shape index (κ2) is 8.90. The molecule has 0 saturated carbocycles. The van der Waals surface area contributed by atoms with Crippen molar-refractivity contribution in [1.82, 2.24) is 9.88 Å². The second-order valence-corrected chi connectivity index (χ2v) is 11.4. The first-order chi connectivity index (χ1) is 15.2. The van der Waals surface area contributed by atoms with Crippen LogP contribution in [0.1, 0.15) is 97.4 Å². The minimum absolute atomic E-state index is 0.133. The molecule has 1 amide bonds. The number of fused-ring (bicyclic) bond motifs is 1. The molecule has 7 nitrogen and oxygen atoms in total. The minimum atomic E-state index is -1.48. The molecule has 1 saturated heterocycles. The first-order valence-corrected chi connectivity index (χ1v) is 12.1. The van der Waals surface area contributed by atoms with E-state index in [0.29, 0.717) is 12.3 Å². The summed E-state index contributed by atoms with van der Waals surface area (Å²) in [7, 11) is 0. The van der Waals surface area contributed by atoms with Crippen LogP contribution in [0, 0.1) is 5.92 Å². The zero-order valence-corrected chi connectivity index (χ0v) is 21.4. The number of nitrogens with zero attached hydrogens (tertiary/aromatic N) is 2. The summed E-state index contributed by atoms with van der Waals surface area (Å²) in [5.74, 6) is -1.16. The standard InChI is InChI=1S/C26H40N2O5/c1-9-17-10-11-18-12-13-27-19(21(17)18)15-26(22(29)32-25(7,8)33-26)20(14-16(2)3)28(23(30)31)24(4,5)6/h12-13,16-17,20H,9-11,14-15H2,1-8H3,(H,30,31)/t17?,20?,26-/m1/s1. The number of carbonyl (C=O) groups excluding carboxylic acids is 1. The van der Waals surface area contributed by atoms with E-state index >= 15 is 0 Å². The number of esters is 1. The van der Waals surface area contributed by atoms with Crippen molar-refractivity contribution < 1.29 is 24.2 Å². The fraction of sp³-hybridized carbons (Fsp3) is 0.731. The largest absolute Gasteiger partial charge is 0.465 e. The van der Waals surface area contributed by atoms with Crippen LogP contribution in [-0.4, -0.2) is 50.0 Å². The van der Waals surface area contributed by atoms with Gasteiger partial charge in [0.25, 0.3) is 0 Å². The van der Waals surface area contributed by atoms with E-state index in [2.05, 4.69) is 13.0 Å². The average Bonchev–Trinajstić information content (AvgIpc) is 3.18. The number of amides is 1. The van der Waals surface area contributed by atoms with Gasteiger partial charge in [0.2, 0.25) is 5.79 Å². The molecule has 1 aliphatic heterocycles. The van der Waals surface area contributed by atoms with Gasteiger partial charge in [-0.1, -0.05) is 20.8 Å². The Labute approximate surface area is 197 Å². The van der Waals surface area contributed by atoms with Gasteiger partial charge in [-0.25, -0.2) is 9.59 Å². The molecule has 7 heteroatoms. The molecule has 2 unspecified atom stereocenters. The van der Waals surface area contributed by atoms with Crippen LogP contribution in [-0.2, 0) is 27.1 Å². The number of rotatable bonds is 7. The van der Waals surface area contributed by atoms with E-state index < -0.39 is 35.0 Å². The molecular formula is C26H40N2O5. The lowest BCUT2D eigenvalue weighted by molar-refractivity contribution is -0.180. The molecule has 3 atom stereocenters. The molecule has 33 heavy (non-hydrogen) atoms. The van der Waals surface area contributed by atoms with Gasteiger partial charge < -0.3 is 14.6 Å². The van der Waals surface area contributed by atoms with E-state index in [1.807, 2.05) is 34.6 Å². The van der Waals surface area contributed by atoms with Gasteiger partial charge >= 0.3 is 12.1 Å². The quantitative estimate of drug-likeness (QED) is 0.555. The summed E-state index contributed by atoms with van der Waals surface area (Å²) >= 11 is 0. The first kappa shape index (κ1) is 25.5. The Morgan fingerprint density at radius 1 is 1.33 bits per heavy atom. The molecule has 0 radical (unpaired) electrons. The molecule has 1 N–H and O–H groups in total. The normalized spacial score (nSPS) is 25.1. The number of carboxylic acid groups (broad SMARTS) is 1.